The van der Waals surface area contributed by atoms with E-state index >= 15 is 0 Å². The normalized spacial score (nSPS) is 13.4. The Labute approximate surface area is 160 Å². The summed E-state index contributed by atoms with van der Waals surface area (Å²) >= 11 is 0. The molecular weight excluding hydrogens is 354 g/mol. The van der Waals surface area contributed by atoms with Crippen molar-refractivity contribution in [3.63, 3.8) is 0 Å². The highest BCUT2D eigenvalue weighted by molar-refractivity contribution is 6.32. The van der Waals surface area contributed by atoms with Crippen LogP contribution in [-0.4, -0.2) is 16.1 Å². The van der Waals surface area contributed by atoms with Gasteiger partial charge in [0, 0.05) is 23.1 Å². The van der Waals surface area contributed by atoms with Gasteiger partial charge in [0.05, 0.1) is 16.5 Å². The van der Waals surface area contributed by atoms with Crippen molar-refractivity contribution in [2.75, 3.05) is 0 Å². The third kappa shape index (κ3) is 2.10. The molecule has 0 bridgehead atoms. The van der Waals surface area contributed by atoms with Crippen molar-refractivity contribution in [1.82, 2.24) is 4.57 Å². The Hall–Kier alpha value is -3.47. The van der Waals surface area contributed by atoms with Crippen LogP contribution in [0.2, 0.25) is 0 Å². The molecule has 0 saturated carbocycles. The van der Waals surface area contributed by atoms with Crippen LogP contribution >= 0.6 is 0 Å². The third-order valence-corrected chi connectivity index (χ3v) is 5.22. The summed E-state index contributed by atoms with van der Waals surface area (Å²) in [5, 5.41) is 1.13. The van der Waals surface area contributed by atoms with E-state index in [1.54, 1.807) is 36.4 Å². The molecule has 2 aromatic heterocycles. The highest BCUT2D eigenvalue weighted by atomic mass is 16.4. The van der Waals surface area contributed by atoms with E-state index in [9.17, 15) is 14.4 Å². The molecule has 0 fully saturated rings. The highest BCUT2D eigenvalue weighted by Crippen LogP contribution is 2.37. The van der Waals surface area contributed by atoms with Gasteiger partial charge in [-0.2, -0.15) is 0 Å². The van der Waals surface area contributed by atoms with E-state index in [0.717, 1.165) is 0 Å². The SMILES string of the molecule is CC(C)Cn1c2c(c3oc(=O)c4ccccc4c31)C(=O)c1ccccc1C2=O. The van der Waals surface area contributed by atoms with Crippen LogP contribution in [0.4, 0.5) is 0 Å². The van der Waals surface area contributed by atoms with E-state index in [2.05, 4.69) is 0 Å². The zero-order chi connectivity index (χ0) is 19.6. The molecule has 28 heavy (non-hydrogen) atoms. The van der Waals surface area contributed by atoms with Crippen LogP contribution in [0.15, 0.2) is 57.7 Å². The molecule has 1 aliphatic carbocycles. The van der Waals surface area contributed by atoms with Gasteiger partial charge in [0.1, 0.15) is 5.69 Å². The second-order valence-corrected chi connectivity index (χ2v) is 7.54. The smallest absolute Gasteiger partial charge is 0.344 e. The quantitative estimate of drug-likeness (QED) is 0.467. The minimum atomic E-state index is -0.508. The molecular formula is C23H17NO4. The zero-order valence-electron chi connectivity index (χ0n) is 15.5. The fourth-order valence-electron chi connectivity index (χ4n) is 4.11. The van der Waals surface area contributed by atoms with Crippen molar-refractivity contribution in [3.8, 4) is 0 Å². The van der Waals surface area contributed by atoms with Crippen molar-refractivity contribution in [2.24, 2.45) is 5.92 Å². The van der Waals surface area contributed by atoms with Gasteiger partial charge in [-0.15, -0.1) is 0 Å². The summed E-state index contributed by atoms with van der Waals surface area (Å²) in [4.78, 5) is 39.2. The fourth-order valence-corrected chi connectivity index (χ4v) is 4.11. The van der Waals surface area contributed by atoms with Gasteiger partial charge in [-0.1, -0.05) is 56.3 Å². The zero-order valence-corrected chi connectivity index (χ0v) is 15.5. The third-order valence-electron chi connectivity index (χ3n) is 5.22. The number of ketones is 2. The van der Waals surface area contributed by atoms with E-state index in [0.29, 0.717) is 39.7 Å². The van der Waals surface area contributed by atoms with Gasteiger partial charge >= 0.3 is 5.63 Å². The predicted molar refractivity (Wildman–Crippen MR) is 106 cm³/mol. The molecule has 5 nitrogen and oxygen atoms in total. The summed E-state index contributed by atoms with van der Waals surface area (Å²) in [5.41, 5.74) is 1.57. The topological polar surface area (TPSA) is 69.3 Å². The number of carbonyl (C=O) groups excluding carboxylic acids is 2. The molecule has 0 unspecified atom stereocenters. The lowest BCUT2D eigenvalue weighted by molar-refractivity contribution is 0.0973. The summed E-state index contributed by atoms with van der Waals surface area (Å²) in [7, 11) is 0. The van der Waals surface area contributed by atoms with Crippen LogP contribution in [-0.2, 0) is 6.54 Å². The Morgan fingerprint density at radius 1 is 0.857 bits per heavy atom. The number of hydrogen-bond donors (Lipinski definition) is 0. The van der Waals surface area contributed by atoms with E-state index in [1.807, 2.05) is 30.5 Å². The molecule has 0 aliphatic heterocycles. The van der Waals surface area contributed by atoms with E-state index in [4.69, 9.17) is 4.42 Å². The Morgan fingerprint density at radius 3 is 2.14 bits per heavy atom. The average molecular weight is 371 g/mol. The summed E-state index contributed by atoms with van der Waals surface area (Å²) in [6, 6.07) is 13.9. The highest BCUT2D eigenvalue weighted by Gasteiger charge is 2.37. The van der Waals surface area contributed by atoms with Crippen molar-refractivity contribution in [2.45, 2.75) is 20.4 Å². The van der Waals surface area contributed by atoms with E-state index < -0.39 is 5.63 Å². The molecule has 0 atom stereocenters. The Bertz CT molecular complexity index is 1370. The molecule has 2 aromatic carbocycles. The fraction of sp³-hybridized carbons (Fsp3) is 0.174. The van der Waals surface area contributed by atoms with Crippen LogP contribution in [0.1, 0.15) is 45.8 Å². The Balaban J connectivity index is 2.01. The number of rotatable bonds is 2. The first-order chi connectivity index (χ1) is 13.5. The van der Waals surface area contributed by atoms with Crippen LogP contribution in [0.5, 0.6) is 0 Å². The summed E-state index contributed by atoms with van der Waals surface area (Å²) < 4.78 is 7.48. The molecule has 2 heterocycles. The first-order valence-electron chi connectivity index (χ1n) is 9.25. The summed E-state index contributed by atoms with van der Waals surface area (Å²) in [5.74, 6) is -0.268. The number of carbonyl (C=O) groups is 2. The van der Waals surface area contributed by atoms with Gasteiger partial charge in [-0.05, 0) is 12.0 Å². The molecule has 0 saturated heterocycles. The molecule has 4 aromatic rings. The van der Waals surface area contributed by atoms with Gasteiger partial charge < -0.3 is 8.98 Å². The first kappa shape index (κ1) is 16.7. The molecule has 1 aliphatic rings. The predicted octanol–water partition coefficient (Wildman–Crippen LogP) is 4.18. The number of hydrogen-bond acceptors (Lipinski definition) is 4. The second kappa shape index (κ2) is 5.76. The van der Waals surface area contributed by atoms with Crippen LogP contribution in [0, 0.1) is 5.92 Å². The summed E-state index contributed by atoms with van der Waals surface area (Å²) in [6.07, 6.45) is 0. The summed E-state index contributed by atoms with van der Waals surface area (Å²) in [6.45, 7) is 4.62. The van der Waals surface area contributed by atoms with Gasteiger partial charge in [0.25, 0.3) is 0 Å². The molecule has 0 spiro atoms. The van der Waals surface area contributed by atoms with Gasteiger partial charge in [-0.25, -0.2) is 4.79 Å². The van der Waals surface area contributed by atoms with E-state index in [1.165, 1.54) is 0 Å². The molecule has 5 rings (SSSR count). The molecule has 0 N–H and O–H groups in total. The molecule has 0 amide bonds. The maximum atomic E-state index is 13.4. The second-order valence-electron chi connectivity index (χ2n) is 7.54. The van der Waals surface area contributed by atoms with Crippen molar-refractivity contribution in [1.29, 1.82) is 0 Å². The van der Waals surface area contributed by atoms with Gasteiger partial charge in [0.15, 0.2) is 11.4 Å². The van der Waals surface area contributed by atoms with Crippen LogP contribution in [0.25, 0.3) is 21.9 Å². The minimum absolute atomic E-state index is 0.196. The maximum Gasteiger partial charge on any atom is 0.344 e. The Kier molecular flexibility index (Phi) is 3.43. The first-order valence-corrected chi connectivity index (χ1v) is 9.25. The maximum absolute atomic E-state index is 13.4. The lowest BCUT2D eigenvalue weighted by Gasteiger charge is -2.18. The van der Waals surface area contributed by atoms with Crippen molar-refractivity contribution in [3.05, 3.63) is 81.3 Å². The largest absolute Gasteiger partial charge is 0.420 e. The number of nitrogens with zero attached hydrogens (tertiary/aromatic N) is 1. The lowest BCUT2D eigenvalue weighted by Crippen LogP contribution is -2.23. The number of benzene rings is 2. The van der Waals surface area contributed by atoms with Crippen LogP contribution < -0.4 is 5.63 Å². The molecule has 5 heteroatoms. The number of aromatic nitrogens is 1. The monoisotopic (exact) mass is 371 g/mol. The van der Waals surface area contributed by atoms with Crippen molar-refractivity contribution < 1.29 is 14.0 Å². The lowest BCUT2D eigenvalue weighted by atomic mass is 9.88. The molecule has 138 valence electrons. The van der Waals surface area contributed by atoms with Gasteiger partial charge in [-0.3, -0.25) is 9.59 Å². The average Bonchev–Trinajstić information content (AvgIpc) is 3.00. The Morgan fingerprint density at radius 2 is 1.46 bits per heavy atom. The van der Waals surface area contributed by atoms with Crippen molar-refractivity contribution >= 4 is 33.4 Å². The standard InChI is InChI=1S/C23H17NO4/c1-12(2)11-24-18-13-7-3-6-10-16(13)23(27)28-22(18)17-19(24)21(26)15-9-5-4-8-14(15)20(17)25/h3-10,12H,11H2,1-2H3. The minimum Gasteiger partial charge on any atom is -0.420 e. The number of fused-ring (bicyclic) bond motifs is 6. The van der Waals surface area contributed by atoms with E-state index in [-0.39, 0.29) is 28.6 Å². The molecule has 0 radical (unpaired) electrons. The van der Waals surface area contributed by atoms with Crippen LogP contribution in [0.3, 0.4) is 0 Å². The van der Waals surface area contributed by atoms with Gasteiger partial charge in [0.2, 0.25) is 5.78 Å².